The highest BCUT2D eigenvalue weighted by molar-refractivity contribution is 7.10. The molecule has 2 aliphatic rings. The summed E-state index contributed by atoms with van der Waals surface area (Å²) in [6.07, 6.45) is 3.33. The summed E-state index contributed by atoms with van der Waals surface area (Å²) in [6, 6.07) is 13.0. The van der Waals surface area contributed by atoms with Gasteiger partial charge in [-0.15, -0.1) is 11.3 Å². The zero-order chi connectivity index (χ0) is 21.6. The van der Waals surface area contributed by atoms with E-state index in [9.17, 15) is 4.79 Å². The predicted molar refractivity (Wildman–Crippen MR) is 129 cm³/mol. The number of guanidine groups is 1. The van der Waals surface area contributed by atoms with E-state index in [0.717, 1.165) is 44.2 Å². The predicted octanol–water partition coefficient (Wildman–Crippen LogP) is 3.28. The number of benzene rings is 1. The van der Waals surface area contributed by atoms with Crippen LogP contribution in [0.3, 0.4) is 0 Å². The topological polar surface area (TPSA) is 60.0 Å². The second-order valence-electron chi connectivity index (χ2n) is 8.34. The Bertz CT molecular complexity index is 897. The Hall–Kier alpha value is -2.38. The smallest absolute Gasteiger partial charge is 0.248 e. The number of hydrogen-bond acceptors (Lipinski definition) is 4. The lowest BCUT2D eigenvalue weighted by Gasteiger charge is -2.39. The van der Waals surface area contributed by atoms with E-state index >= 15 is 0 Å². The third-order valence-corrected chi connectivity index (χ3v) is 7.22. The van der Waals surface area contributed by atoms with E-state index in [-0.39, 0.29) is 12.5 Å². The zero-order valence-corrected chi connectivity index (χ0v) is 19.3. The van der Waals surface area contributed by atoms with Gasteiger partial charge in [-0.05, 0) is 68.8 Å². The van der Waals surface area contributed by atoms with E-state index in [1.165, 1.54) is 23.3 Å². The number of hydrogen-bond donors (Lipinski definition) is 2. The number of rotatable bonds is 6. The number of amides is 1. The third-order valence-electron chi connectivity index (χ3n) is 6.28. The van der Waals surface area contributed by atoms with Crippen molar-refractivity contribution in [2.45, 2.75) is 32.2 Å². The van der Waals surface area contributed by atoms with Crippen molar-refractivity contribution >= 4 is 28.9 Å². The summed E-state index contributed by atoms with van der Waals surface area (Å²) in [6.45, 7) is 5.71. The number of nitrogens with zero attached hydrogens (tertiary/aromatic N) is 3. The molecule has 4 rings (SSSR count). The molecule has 1 fully saturated rings. The van der Waals surface area contributed by atoms with Crippen LogP contribution in [0.15, 0.2) is 46.8 Å². The Kier molecular flexibility index (Phi) is 7.25. The van der Waals surface area contributed by atoms with Gasteiger partial charge in [0.1, 0.15) is 6.54 Å². The van der Waals surface area contributed by atoms with Gasteiger partial charge in [0.05, 0.1) is 0 Å². The SMILES string of the molecule is CCNC(=NCC(=O)N1CCc2ccccc21)NCC1CCCN(C)C1c1cccs1. The van der Waals surface area contributed by atoms with Crippen LogP contribution < -0.4 is 15.5 Å². The van der Waals surface area contributed by atoms with Crippen molar-refractivity contribution in [3.63, 3.8) is 0 Å². The summed E-state index contributed by atoms with van der Waals surface area (Å²) in [7, 11) is 2.22. The maximum atomic E-state index is 12.8. The molecule has 2 unspecified atom stereocenters. The summed E-state index contributed by atoms with van der Waals surface area (Å²) < 4.78 is 0. The monoisotopic (exact) mass is 439 g/mol. The Balaban J connectivity index is 1.38. The Labute approximate surface area is 189 Å². The van der Waals surface area contributed by atoms with Gasteiger partial charge in [-0.2, -0.15) is 0 Å². The van der Waals surface area contributed by atoms with Gasteiger partial charge in [-0.3, -0.25) is 9.69 Å². The fourth-order valence-corrected chi connectivity index (χ4v) is 5.76. The Morgan fingerprint density at radius 2 is 2.06 bits per heavy atom. The van der Waals surface area contributed by atoms with E-state index in [1.807, 2.05) is 34.4 Å². The summed E-state index contributed by atoms with van der Waals surface area (Å²) in [5, 5.41) is 8.98. The van der Waals surface area contributed by atoms with Crippen LogP contribution in [0.5, 0.6) is 0 Å². The minimum atomic E-state index is 0.0519. The summed E-state index contributed by atoms with van der Waals surface area (Å²) in [5.74, 6) is 1.29. The number of fused-ring (bicyclic) bond motifs is 1. The standard InChI is InChI=1S/C24H33N5OS/c1-3-25-24(27-17-22(30)29-14-12-18-8-4-5-10-20(18)29)26-16-19-9-6-13-28(2)23(19)21-11-7-15-31-21/h4-5,7-8,10-11,15,19,23H,3,6,9,12-14,16-17H2,1-2H3,(H2,25,26,27). The van der Waals surface area contributed by atoms with Crippen molar-refractivity contribution in [3.05, 3.63) is 52.2 Å². The second-order valence-corrected chi connectivity index (χ2v) is 9.32. The maximum absolute atomic E-state index is 12.8. The molecule has 0 radical (unpaired) electrons. The van der Waals surface area contributed by atoms with Gasteiger partial charge in [-0.25, -0.2) is 4.99 Å². The summed E-state index contributed by atoms with van der Waals surface area (Å²) in [5.41, 5.74) is 2.27. The Morgan fingerprint density at radius 3 is 2.87 bits per heavy atom. The van der Waals surface area contributed by atoms with E-state index in [1.54, 1.807) is 0 Å². The van der Waals surface area contributed by atoms with Crippen LogP contribution >= 0.6 is 11.3 Å². The minimum Gasteiger partial charge on any atom is -0.357 e. The fourth-order valence-electron chi connectivity index (χ4n) is 4.78. The molecule has 2 N–H and O–H groups in total. The number of anilines is 1. The molecule has 0 aliphatic carbocycles. The van der Waals surface area contributed by atoms with Gasteiger partial charge in [0, 0.05) is 36.2 Å². The first kappa shape index (κ1) is 21.8. The quantitative estimate of drug-likeness (QED) is 0.536. The average Bonchev–Trinajstić information content (AvgIpc) is 3.45. The summed E-state index contributed by atoms with van der Waals surface area (Å²) >= 11 is 1.84. The van der Waals surface area contributed by atoms with Crippen LogP contribution in [0.25, 0.3) is 0 Å². The lowest BCUT2D eigenvalue weighted by atomic mass is 9.88. The number of carbonyl (C=O) groups excluding carboxylic acids is 1. The lowest BCUT2D eigenvalue weighted by Crippen LogP contribution is -2.45. The zero-order valence-electron chi connectivity index (χ0n) is 18.5. The molecule has 6 nitrogen and oxygen atoms in total. The molecule has 1 aromatic carbocycles. The van der Waals surface area contributed by atoms with Crippen molar-refractivity contribution in [3.8, 4) is 0 Å². The Morgan fingerprint density at radius 1 is 1.19 bits per heavy atom. The largest absolute Gasteiger partial charge is 0.357 e. The van der Waals surface area contributed by atoms with Crippen molar-refractivity contribution in [1.82, 2.24) is 15.5 Å². The molecule has 0 saturated carbocycles. The van der Waals surface area contributed by atoms with E-state index in [0.29, 0.717) is 12.0 Å². The van der Waals surface area contributed by atoms with Gasteiger partial charge < -0.3 is 15.5 Å². The van der Waals surface area contributed by atoms with Crippen LogP contribution in [0, 0.1) is 5.92 Å². The van der Waals surface area contributed by atoms with Crippen molar-refractivity contribution < 1.29 is 4.79 Å². The van der Waals surface area contributed by atoms with Crippen molar-refractivity contribution in [2.24, 2.45) is 10.9 Å². The van der Waals surface area contributed by atoms with Gasteiger partial charge in [0.2, 0.25) is 5.91 Å². The average molecular weight is 440 g/mol. The van der Waals surface area contributed by atoms with Gasteiger partial charge in [0.15, 0.2) is 5.96 Å². The van der Waals surface area contributed by atoms with Crippen LogP contribution in [0.1, 0.15) is 36.2 Å². The maximum Gasteiger partial charge on any atom is 0.248 e. The second kappa shape index (κ2) is 10.3. The van der Waals surface area contributed by atoms with Crippen LogP contribution in [0.4, 0.5) is 5.69 Å². The number of nitrogens with one attached hydrogen (secondary N) is 2. The molecule has 3 heterocycles. The molecule has 1 saturated heterocycles. The van der Waals surface area contributed by atoms with Gasteiger partial charge in [-0.1, -0.05) is 24.3 Å². The molecule has 1 aromatic heterocycles. The number of para-hydroxylation sites is 1. The third kappa shape index (κ3) is 5.10. The van der Waals surface area contributed by atoms with Crippen LogP contribution in [-0.4, -0.2) is 56.5 Å². The molecule has 0 spiro atoms. The van der Waals surface area contributed by atoms with Crippen molar-refractivity contribution in [2.75, 3.05) is 44.7 Å². The van der Waals surface area contributed by atoms with Gasteiger partial charge >= 0.3 is 0 Å². The number of thiophene rings is 1. The lowest BCUT2D eigenvalue weighted by molar-refractivity contribution is -0.117. The molecular formula is C24H33N5OS. The molecule has 2 atom stereocenters. The first-order valence-electron chi connectivity index (χ1n) is 11.3. The molecular weight excluding hydrogens is 406 g/mol. The van der Waals surface area contributed by atoms with Crippen LogP contribution in [0.2, 0.25) is 0 Å². The summed E-state index contributed by atoms with van der Waals surface area (Å²) in [4.78, 5) is 23.2. The highest BCUT2D eigenvalue weighted by Gasteiger charge is 2.31. The first-order valence-corrected chi connectivity index (χ1v) is 12.2. The van der Waals surface area contributed by atoms with E-state index < -0.39 is 0 Å². The molecule has 2 aliphatic heterocycles. The van der Waals surface area contributed by atoms with E-state index in [4.69, 9.17) is 0 Å². The molecule has 166 valence electrons. The minimum absolute atomic E-state index is 0.0519. The highest BCUT2D eigenvalue weighted by atomic mass is 32.1. The fraction of sp³-hybridized carbons (Fsp3) is 0.500. The highest BCUT2D eigenvalue weighted by Crippen LogP contribution is 2.36. The molecule has 31 heavy (non-hydrogen) atoms. The number of aliphatic imine (C=N–C) groups is 1. The normalized spacial score (nSPS) is 21.7. The number of piperidine rings is 1. The first-order chi connectivity index (χ1) is 15.2. The van der Waals surface area contributed by atoms with Crippen molar-refractivity contribution in [1.29, 1.82) is 0 Å². The molecule has 0 bridgehead atoms. The van der Waals surface area contributed by atoms with Crippen LogP contribution in [-0.2, 0) is 11.2 Å². The molecule has 1 amide bonds. The molecule has 2 aromatic rings. The molecule has 7 heteroatoms. The number of carbonyl (C=O) groups is 1. The van der Waals surface area contributed by atoms with E-state index in [2.05, 4.69) is 58.1 Å². The van der Waals surface area contributed by atoms with Gasteiger partial charge in [0.25, 0.3) is 0 Å². The number of likely N-dealkylation sites (tertiary alicyclic amines) is 1.